The molecule has 0 aliphatic heterocycles. The predicted molar refractivity (Wildman–Crippen MR) is 58.3 cm³/mol. The molecule has 0 saturated heterocycles. The molecule has 0 unspecified atom stereocenters. The third-order valence-electron chi connectivity index (χ3n) is 2.00. The maximum Gasteiger partial charge on any atom is 0.221 e. The van der Waals surface area contributed by atoms with Crippen LogP contribution >= 0.6 is 0 Å². The molecule has 1 aromatic rings. The van der Waals surface area contributed by atoms with Crippen LogP contribution < -0.4 is 10.6 Å². The summed E-state index contributed by atoms with van der Waals surface area (Å²) in [6, 6.07) is 3.65. The second-order valence-corrected chi connectivity index (χ2v) is 3.36. The highest BCUT2D eigenvalue weighted by Gasteiger charge is 2.01. The van der Waals surface area contributed by atoms with Crippen molar-refractivity contribution in [3.8, 4) is 0 Å². The van der Waals surface area contributed by atoms with Crippen LogP contribution in [0.25, 0.3) is 0 Å². The van der Waals surface area contributed by atoms with E-state index >= 15 is 0 Å². The van der Waals surface area contributed by atoms with Crippen LogP contribution in [0.15, 0.2) is 22.8 Å². The van der Waals surface area contributed by atoms with Gasteiger partial charge in [-0.2, -0.15) is 0 Å². The van der Waals surface area contributed by atoms with Crippen molar-refractivity contribution in [3.63, 3.8) is 0 Å². The first-order chi connectivity index (χ1) is 7.33. The summed E-state index contributed by atoms with van der Waals surface area (Å²) in [4.78, 5) is 11.3. The van der Waals surface area contributed by atoms with Gasteiger partial charge in [0.1, 0.15) is 5.76 Å². The first-order valence-electron chi connectivity index (χ1n) is 5.32. The summed E-state index contributed by atoms with van der Waals surface area (Å²) in [6.45, 7) is 4.27. The molecule has 0 aliphatic rings. The van der Waals surface area contributed by atoms with E-state index in [1.807, 2.05) is 12.1 Å². The van der Waals surface area contributed by atoms with Crippen LogP contribution in [0.4, 0.5) is 0 Å². The van der Waals surface area contributed by atoms with Gasteiger partial charge in [-0.3, -0.25) is 4.79 Å². The Bertz CT molecular complexity index is 270. The highest BCUT2D eigenvalue weighted by molar-refractivity contribution is 5.75. The third kappa shape index (κ3) is 5.22. The van der Waals surface area contributed by atoms with Gasteiger partial charge in [0.05, 0.1) is 12.8 Å². The van der Waals surface area contributed by atoms with Crippen LogP contribution in [0.3, 0.4) is 0 Å². The zero-order chi connectivity index (χ0) is 10.9. The molecule has 0 bridgehead atoms. The molecule has 2 N–H and O–H groups in total. The van der Waals surface area contributed by atoms with Gasteiger partial charge >= 0.3 is 0 Å². The van der Waals surface area contributed by atoms with E-state index in [-0.39, 0.29) is 5.91 Å². The number of nitrogens with one attached hydrogen (secondary N) is 2. The number of hydrogen-bond donors (Lipinski definition) is 2. The van der Waals surface area contributed by atoms with Gasteiger partial charge in [0.2, 0.25) is 5.91 Å². The number of hydrogen-bond acceptors (Lipinski definition) is 3. The van der Waals surface area contributed by atoms with E-state index in [2.05, 4.69) is 17.6 Å². The second kappa shape index (κ2) is 7.06. The maximum atomic E-state index is 11.3. The van der Waals surface area contributed by atoms with Crippen molar-refractivity contribution in [2.45, 2.75) is 26.3 Å². The monoisotopic (exact) mass is 210 g/mol. The molecule has 15 heavy (non-hydrogen) atoms. The van der Waals surface area contributed by atoms with Gasteiger partial charge in [0.15, 0.2) is 0 Å². The van der Waals surface area contributed by atoms with Crippen molar-refractivity contribution < 1.29 is 9.21 Å². The van der Waals surface area contributed by atoms with E-state index in [0.29, 0.717) is 13.0 Å². The van der Waals surface area contributed by atoms with Gasteiger partial charge in [-0.15, -0.1) is 0 Å². The number of amides is 1. The summed E-state index contributed by atoms with van der Waals surface area (Å²) >= 11 is 0. The van der Waals surface area contributed by atoms with Crippen LogP contribution in [-0.2, 0) is 11.3 Å². The fourth-order valence-corrected chi connectivity index (χ4v) is 1.19. The molecule has 0 fully saturated rings. The number of rotatable bonds is 7. The summed E-state index contributed by atoms with van der Waals surface area (Å²) in [7, 11) is 0. The lowest BCUT2D eigenvalue weighted by molar-refractivity contribution is -0.121. The Kier molecular flexibility index (Phi) is 5.55. The molecule has 1 amide bonds. The van der Waals surface area contributed by atoms with E-state index in [4.69, 9.17) is 4.42 Å². The Morgan fingerprint density at radius 1 is 1.47 bits per heavy atom. The Labute approximate surface area is 90.0 Å². The fraction of sp³-hybridized carbons (Fsp3) is 0.545. The van der Waals surface area contributed by atoms with Crippen molar-refractivity contribution in [1.82, 2.24) is 10.6 Å². The molecule has 0 radical (unpaired) electrons. The Balaban J connectivity index is 2.04. The second-order valence-electron chi connectivity index (χ2n) is 3.36. The minimum atomic E-state index is 0.0509. The third-order valence-corrected chi connectivity index (χ3v) is 2.00. The minimum Gasteiger partial charge on any atom is -0.467 e. The molecule has 0 aromatic carbocycles. The zero-order valence-electron chi connectivity index (χ0n) is 9.08. The van der Waals surface area contributed by atoms with Gasteiger partial charge < -0.3 is 15.1 Å². The first-order valence-corrected chi connectivity index (χ1v) is 5.32. The molecule has 0 atom stereocenters. The SMILES string of the molecule is CCCNCCC(=O)NCc1ccco1. The van der Waals surface area contributed by atoms with Gasteiger partial charge in [0.25, 0.3) is 0 Å². The van der Waals surface area contributed by atoms with Crippen molar-refractivity contribution in [2.75, 3.05) is 13.1 Å². The molecule has 4 nitrogen and oxygen atoms in total. The zero-order valence-corrected chi connectivity index (χ0v) is 9.08. The highest BCUT2D eigenvalue weighted by atomic mass is 16.3. The van der Waals surface area contributed by atoms with Crippen LogP contribution in [0.5, 0.6) is 0 Å². The highest BCUT2D eigenvalue weighted by Crippen LogP contribution is 1.98. The van der Waals surface area contributed by atoms with Gasteiger partial charge in [0, 0.05) is 13.0 Å². The lowest BCUT2D eigenvalue weighted by Gasteiger charge is -2.04. The fourth-order valence-electron chi connectivity index (χ4n) is 1.19. The maximum absolute atomic E-state index is 11.3. The van der Waals surface area contributed by atoms with E-state index in [1.165, 1.54) is 0 Å². The molecule has 1 heterocycles. The lowest BCUT2D eigenvalue weighted by Crippen LogP contribution is -2.27. The molecular formula is C11H18N2O2. The summed E-state index contributed by atoms with van der Waals surface area (Å²) in [5.41, 5.74) is 0. The lowest BCUT2D eigenvalue weighted by atomic mass is 10.3. The van der Waals surface area contributed by atoms with Crippen LogP contribution in [0.2, 0.25) is 0 Å². The quantitative estimate of drug-likeness (QED) is 0.667. The van der Waals surface area contributed by atoms with Crippen molar-refractivity contribution in [2.24, 2.45) is 0 Å². The minimum absolute atomic E-state index is 0.0509. The van der Waals surface area contributed by atoms with Crippen molar-refractivity contribution in [3.05, 3.63) is 24.2 Å². The number of carbonyl (C=O) groups is 1. The molecule has 0 spiro atoms. The van der Waals surface area contributed by atoms with Crippen molar-refractivity contribution >= 4 is 5.91 Å². The number of carbonyl (C=O) groups excluding carboxylic acids is 1. The van der Waals surface area contributed by atoms with Crippen LogP contribution in [0.1, 0.15) is 25.5 Å². The van der Waals surface area contributed by atoms with E-state index in [9.17, 15) is 4.79 Å². The van der Waals surface area contributed by atoms with Crippen molar-refractivity contribution in [1.29, 1.82) is 0 Å². The molecule has 0 aliphatic carbocycles. The standard InChI is InChI=1S/C11H18N2O2/c1-2-6-12-7-5-11(14)13-9-10-4-3-8-15-10/h3-4,8,12H,2,5-7,9H2,1H3,(H,13,14). The average molecular weight is 210 g/mol. The number of furan rings is 1. The summed E-state index contributed by atoms with van der Waals surface area (Å²) in [5, 5.41) is 5.96. The Hall–Kier alpha value is -1.29. The topological polar surface area (TPSA) is 54.3 Å². The summed E-state index contributed by atoms with van der Waals surface area (Å²) in [5.74, 6) is 0.833. The Morgan fingerprint density at radius 2 is 2.33 bits per heavy atom. The van der Waals surface area contributed by atoms with E-state index in [0.717, 1.165) is 25.3 Å². The van der Waals surface area contributed by atoms with Gasteiger partial charge in [-0.25, -0.2) is 0 Å². The molecular weight excluding hydrogens is 192 g/mol. The molecule has 0 saturated carbocycles. The smallest absolute Gasteiger partial charge is 0.221 e. The van der Waals surface area contributed by atoms with Gasteiger partial charge in [-0.1, -0.05) is 6.92 Å². The predicted octanol–water partition coefficient (Wildman–Crippen LogP) is 1.29. The van der Waals surface area contributed by atoms with Crippen LogP contribution in [0, 0.1) is 0 Å². The molecule has 84 valence electrons. The molecule has 1 aromatic heterocycles. The van der Waals surface area contributed by atoms with E-state index in [1.54, 1.807) is 6.26 Å². The van der Waals surface area contributed by atoms with Gasteiger partial charge in [-0.05, 0) is 25.1 Å². The first kappa shape index (κ1) is 11.8. The van der Waals surface area contributed by atoms with E-state index < -0.39 is 0 Å². The van der Waals surface area contributed by atoms with Crippen LogP contribution in [-0.4, -0.2) is 19.0 Å². The molecule has 1 rings (SSSR count). The Morgan fingerprint density at radius 3 is 3.00 bits per heavy atom. The molecule has 4 heteroatoms. The summed E-state index contributed by atoms with van der Waals surface area (Å²) < 4.78 is 5.10. The summed E-state index contributed by atoms with van der Waals surface area (Å²) in [6.07, 6.45) is 3.21. The average Bonchev–Trinajstić information content (AvgIpc) is 2.74. The normalized spacial score (nSPS) is 10.2. The largest absolute Gasteiger partial charge is 0.467 e.